The highest BCUT2D eigenvalue weighted by molar-refractivity contribution is 14.1. The third-order valence-corrected chi connectivity index (χ3v) is 2.00. The fourth-order valence-electron chi connectivity index (χ4n) is 0.824. The molecule has 0 unspecified atom stereocenters. The highest BCUT2D eigenvalue weighted by Gasteiger charge is 2.02. The Morgan fingerprint density at radius 3 is 2.44 bits per heavy atom. The molecule has 0 amide bonds. The average Bonchev–Trinajstić information content (AvgIpc) is 1.88. The summed E-state index contributed by atoms with van der Waals surface area (Å²) in [5.41, 5.74) is 0. The van der Waals surface area contributed by atoms with Crippen LogP contribution in [0.15, 0.2) is 0 Å². The molecule has 0 heterocycles. The lowest BCUT2D eigenvalue weighted by molar-refractivity contribution is 0.0931. The Morgan fingerprint density at radius 2 is 2.11 bits per heavy atom. The monoisotopic (exact) mass is 242 g/mol. The predicted octanol–water partition coefficient (Wildman–Crippen LogP) is 2.63. The van der Waals surface area contributed by atoms with Gasteiger partial charge in [-0.2, -0.15) is 0 Å². The van der Waals surface area contributed by atoms with Gasteiger partial charge in [0.2, 0.25) is 0 Å². The lowest BCUT2D eigenvalue weighted by Crippen LogP contribution is -2.09. The largest absolute Gasteiger partial charge is 0.381 e. The zero-order valence-corrected chi connectivity index (χ0v) is 8.35. The number of hydrogen-bond acceptors (Lipinski definition) is 1. The van der Waals surface area contributed by atoms with Crippen LogP contribution in [-0.2, 0) is 4.74 Å². The molecule has 0 aliphatic carbocycles. The predicted molar refractivity (Wildman–Crippen MR) is 49.2 cm³/mol. The SMILES string of the molecule is CCC[C@H](CCI)OC. The first-order valence-corrected chi connectivity index (χ1v) is 4.96. The summed E-state index contributed by atoms with van der Waals surface area (Å²) < 4.78 is 6.43. The van der Waals surface area contributed by atoms with Crippen molar-refractivity contribution in [1.82, 2.24) is 0 Å². The van der Waals surface area contributed by atoms with E-state index in [1.54, 1.807) is 7.11 Å². The Labute approximate surface area is 71.3 Å². The second-order valence-electron chi connectivity index (χ2n) is 2.12. The number of methoxy groups -OCH3 is 1. The topological polar surface area (TPSA) is 9.23 Å². The Kier molecular flexibility index (Phi) is 7.33. The molecule has 0 aromatic carbocycles. The van der Waals surface area contributed by atoms with Crippen molar-refractivity contribution in [1.29, 1.82) is 0 Å². The van der Waals surface area contributed by atoms with Crippen LogP contribution < -0.4 is 0 Å². The van der Waals surface area contributed by atoms with Crippen molar-refractivity contribution >= 4 is 22.6 Å². The maximum absolute atomic E-state index is 5.23. The van der Waals surface area contributed by atoms with Gasteiger partial charge in [0.1, 0.15) is 0 Å². The molecule has 0 fully saturated rings. The maximum Gasteiger partial charge on any atom is 0.0578 e. The average molecular weight is 242 g/mol. The Hall–Kier alpha value is 0.690. The van der Waals surface area contributed by atoms with Gasteiger partial charge in [0.15, 0.2) is 0 Å². The minimum absolute atomic E-state index is 0.506. The molecule has 0 saturated heterocycles. The van der Waals surface area contributed by atoms with Crippen molar-refractivity contribution in [2.45, 2.75) is 32.3 Å². The molecule has 0 N–H and O–H groups in total. The molecule has 0 aliphatic rings. The highest BCUT2D eigenvalue weighted by Crippen LogP contribution is 2.06. The molecule has 1 nitrogen and oxygen atoms in total. The number of alkyl halides is 1. The Balaban J connectivity index is 3.18. The fourth-order valence-corrected chi connectivity index (χ4v) is 1.52. The van der Waals surface area contributed by atoms with Gasteiger partial charge in [-0.15, -0.1) is 0 Å². The second kappa shape index (κ2) is 6.81. The molecular formula is C7H15IO. The van der Waals surface area contributed by atoms with E-state index in [-0.39, 0.29) is 0 Å². The Bertz CT molecular complexity index is 50.9. The van der Waals surface area contributed by atoms with Crippen LogP contribution in [0.3, 0.4) is 0 Å². The van der Waals surface area contributed by atoms with Gasteiger partial charge >= 0.3 is 0 Å². The quantitative estimate of drug-likeness (QED) is 0.532. The van der Waals surface area contributed by atoms with Gasteiger partial charge in [0.25, 0.3) is 0 Å². The first kappa shape index (κ1) is 9.69. The highest BCUT2D eigenvalue weighted by atomic mass is 127. The molecule has 56 valence electrons. The maximum atomic E-state index is 5.23. The summed E-state index contributed by atoms with van der Waals surface area (Å²) in [5.74, 6) is 0. The summed E-state index contributed by atoms with van der Waals surface area (Å²) in [6.07, 6.45) is 4.14. The second-order valence-corrected chi connectivity index (χ2v) is 3.20. The smallest absolute Gasteiger partial charge is 0.0578 e. The van der Waals surface area contributed by atoms with E-state index in [2.05, 4.69) is 29.5 Å². The zero-order chi connectivity index (χ0) is 7.11. The minimum Gasteiger partial charge on any atom is -0.381 e. The van der Waals surface area contributed by atoms with Crippen LogP contribution in [0.2, 0.25) is 0 Å². The fraction of sp³-hybridized carbons (Fsp3) is 1.00. The molecule has 0 aromatic rings. The summed E-state index contributed by atoms with van der Waals surface area (Å²) in [4.78, 5) is 0. The van der Waals surface area contributed by atoms with E-state index in [1.165, 1.54) is 23.7 Å². The number of hydrogen-bond donors (Lipinski definition) is 0. The molecule has 1 atom stereocenters. The van der Waals surface area contributed by atoms with Gasteiger partial charge in [-0.1, -0.05) is 35.9 Å². The van der Waals surface area contributed by atoms with Crippen LogP contribution in [-0.4, -0.2) is 17.6 Å². The third kappa shape index (κ3) is 5.15. The van der Waals surface area contributed by atoms with E-state index in [9.17, 15) is 0 Å². The minimum atomic E-state index is 0.506. The summed E-state index contributed by atoms with van der Waals surface area (Å²) in [6, 6.07) is 0. The van der Waals surface area contributed by atoms with Crippen molar-refractivity contribution in [3.63, 3.8) is 0 Å². The van der Waals surface area contributed by atoms with E-state index in [4.69, 9.17) is 4.74 Å². The van der Waals surface area contributed by atoms with Crippen molar-refractivity contribution in [2.24, 2.45) is 0 Å². The molecular weight excluding hydrogens is 227 g/mol. The van der Waals surface area contributed by atoms with Gasteiger partial charge < -0.3 is 4.74 Å². The summed E-state index contributed by atoms with van der Waals surface area (Å²) in [7, 11) is 1.80. The van der Waals surface area contributed by atoms with Crippen molar-refractivity contribution in [3.05, 3.63) is 0 Å². The number of halogens is 1. The molecule has 0 saturated carbocycles. The van der Waals surface area contributed by atoms with E-state index in [0.717, 1.165) is 0 Å². The molecule has 0 spiro atoms. The molecule has 0 rings (SSSR count). The number of ether oxygens (including phenoxy) is 1. The van der Waals surface area contributed by atoms with Crippen LogP contribution in [0.1, 0.15) is 26.2 Å². The van der Waals surface area contributed by atoms with Crippen LogP contribution >= 0.6 is 22.6 Å². The molecule has 0 aromatic heterocycles. The Morgan fingerprint density at radius 1 is 1.44 bits per heavy atom. The van der Waals surface area contributed by atoms with Gasteiger partial charge in [0.05, 0.1) is 6.10 Å². The third-order valence-electron chi connectivity index (χ3n) is 1.38. The van der Waals surface area contributed by atoms with Crippen LogP contribution in [0.4, 0.5) is 0 Å². The van der Waals surface area contributed by atoms with E-state index in [1.807, 2.05) is 0 Å². The molecule has 2 heteroatoms. The molecule has 9 heavy (non-hydrogen) atoms. The van der Waals surface area contributed by atoms with Crippen LogP contribution in [0, 0.1) is 0 Å². The zero-order valence-electron chi connectivity index (χ0n) is 6.19. The standard InChI is InChI=1S/C7H15IO/c1-3-4-7(9-2)5-6-8/h7H,3-6H2,1-2H3/t7-/m1/s1. The van der Waals surface area contributed by atoms with E-state index in [0.29, 0.717) is 6.10 Å². The summed E-state index contributed by atoms with van der Waals surface area (Å²) in [6.45, 7) is 2.19. The van der Waals surface area contributed by atoms with E-state index >= 15 is 0 Å². The van der Waals surface area contributed by atoms with Gasteiger partial charge in [-0.05, 0) is 12.8 Å². The van der Waals surface area contributed by atoms with Gasteiger partial charge in [-0.25, -0.2) is 0 Å². The molecule has 0 radical (unpaired) electrons. The van der Waals surface area contributed by atoms with Crippen LogP contribution in [0.5, 0.6) is 0 Å². The van der Waals surface area contributed by atoms with Crippen molar-refractivity contribution in [3.8, 4) is 0 Å². The van der Waals surface area contributed by atoms with Gasteiger partial charge in [0, 0.05) is 11.5 Å². The first-order chi connectivity index (χ1) is 4.35. The summed E-state index contributed by atoms with van der Waals surface area (Å²) >= 11 is 2.39. The van der Waals surface area contributed by atoms with Crippen molar-refractivity contribution in [2.75, 3.05) is 11.5 Å². The lowest BCUT2D eigenvalue weighted by atomic mass is 10.2. The van der Waals surface area contributed by atoms with Gasteiger partial charge in [-0.3, -0.25) is 0 Å². The van der Waals surface area contributed by atoms with E-state index < -0.39 is 0 Å². The normalized spacial score (nSPS) is 13.7. The molecule has 0 aliphatic heterocycles. The first-order valence-electron chi connectivity index (χ1n) is 3.43. The molecule has 0 bridgehead atoms. The lowest BCUT2D eigenvalue weighted by Gasteiger charge is -2.11. The number of rotatable bonds is 5. The summed E-state index contributed by atoms with van der Waals surface area (Å²) in [5, 5.41) is 0. The van der Waals surface area contributed by atoms with Crippen LogP contribution in [0.25, 0.3) is 0 Å². The van der Waals surface area contributed by atoms with Crippen molar-refractivity contribution < 1.29 is 4.74 Å².